The molecule has 1 heterocycles. The van der Waals surface area contributed by atoms with Gasteiger partial charge in [-0.3, -0.25) is 4.79 Å². The van der Waals surface area contributed by atoms with Gasteiger partial charge >= 0.3 is 5.97 Å². The van der Waals surface area contributed by atoms with E-state index in [0.29, 0.717) is 44.7 Å². The molecule has 0 bridgehead atoms. The molecule has 180 valence electrons. The van der Waals surface area contributed by atoms with Crippen molar-refractivity contribution in [2.24, 2.45) is 5.10 Å². The first-order chi connectivity index (χ1) is 16.3. The standard InChI is InChI=1S/C24H25Br2N3O5/c1-5-6-7-21-28-19-9-8-16(25)11-18(19)23(30)29(21)27-13-15-10-17(26)12-20(32-3)22(15)34-14(2)24(31)33-4/h8-14H,5-7H2,1-4H3/t14-/m1/s1. The number of rotatable bonds is 9. The summed E-state index contributed by atoms with van der Waals surface area (Å²) >= 11 is 6.87. The number of ether oxygens (including phenoxy) is 3. The van der Waals surface area contributed by atoms with Crippen molar-refractivity contribution in [2.45, 2.75) is 39.2 Å². The number of esters is 1. The maximum Gasteiger partial charge on any atom is 0.346 e. The highest BCUT2D eigenvalue weighted by Crippen LogP contribution is 2.35. The van der Waals surface area contributed by atoms with Gasteiger partial charge in [-0.2, -0.15) is 9.78 Å². The van der Waals surface area contributed by atoms with Crippen molar-refractivity contribution in [1.82, 2.24) is 9.66 Å². The largest absolute Gasteiger partial charge is 0.493 e. The van der Waals surface area contributed by atoms with Gasteiger partial charge in [0.25, 0.3) is 5.56 Å². The molecule has 0 aliphatic carbocycles. The lowest BCUT2D eigenvalue weighted by Crippen LogP contribution is -2.25. The lowest BCUT2D eigenvalue weighted by molar-refractivity contribution is -0.147. The molecule has 0 amide bonds. The lowest BCUT2D eigenvalue weighted by atomic mass is 10.2. The van der Waals surface area contributed by atoms with Crippen molar-refractivity contribution in [3.63, 3.8) is 0 Å². The van der Waals surface area contributed by atoms with E-state index >= 15 is 0 Å². The molecule has 8 nitrogen and oxygen atoms in total. The molecule has 2 aromatic carbocycles. The third-order valence-corrected chi connectivity index (χ3v) is 5.99. The van der Waals surface area contributed by atoms with Crippen LogP contribution in [0.3, 0.4) is 0 Å². The van der Waals surface area contributed by atoms with Crippen LogP contribution in [0.1, 0.15) is 38.1 Å². The second-order valence-electron chi connectivity index (χ2n) is 7.46. The number of carbonyl (C=O) groups is 1. The van der Waals surface area contributed by atoms with Crippen molar-refractivity contribution < 1.29 is 19.0 Å². The van der Waals surface area contributed by atoms with Gasteiger partial charge < -0.3 is 14.2 Å². The first-order valence-corrected chi connectivity index (χ1v) is 12.2. The normalized spacial score (nSPS) is 12.2. The van der Waals surface area contributed by atoms with E-state index in [4.69, 9.17) is 14.2 Å². The van der Waals surface area contributed by atoms with Gasteiger partial charge in [-0.15, -0.1) is 0 Å². The van der Waals surface area contributed by atoms with Crippen molar-refractivity contribution >= 4 is 54.9 Å². The first-order valence-electron chi connectivity index (χ1n) is 10.7. The van der Waals surface area contributed by atoms with Crippen LogP contribution in [0.4, 0.5) is 0 Å². The van der Waals surface area contributed by atoms with Crippen LogP contribution in [0, 0.1) is 0 Å². The van der Waals surface area contributed by atoms with E-state index in [1.165, 1.54) is 25.1 Å². The van der Waals surface area contributed by atoms with Gasteiger partial charge in [-0.05, 0) is 43.7 Å². The van der Waals surface area contributed by atoms with Crippen LogP contribution in [0.5, 0.6) is 11.5 Å². The molecule has 0 aliphatic heterocycles. The summed E-state index contributed by atoms with van der Waals surface area (Å²) in [4.78, 5) is 29.9. The van der Waals surface area contributed by atoms with E-state index in [1.54, 1.807) is 25.1 Å². The number of unbranched alkanes of at least 4 members (excludes halogenated alkanes) is 1. The number of methoxy groups -OCH3 is 2. The van der Waals surface area contributed by atoms with E-state index in [9.17, 15) is 9.59 Å². The first kappa shape index (κ1) is 25.9. The van der Waals surface area contributed by atoms with Gasteiger partial charge in [0.2, 0.25) is 0 Å². The Morgan fingerprint density at radius 2 is 1.97 bits per heavy atom. The molecule has 0 saturated carbocycles. The molecule has 34 heavy (non-hydrogen) atoms. The molecular formula is C24H25Br2N3O5. The van der Waals surface area contributed by atoms with E-state index in [-0.39, 0.29) is 5.56 Å². The molecule has 1 aromatic heterocycles. The molecule has 10 heteroatoms. The number of benzene rings is 2. The van der Waals surface area contributed by atoms with Gasteiger partial charge in [0.05, 0.1) is 31.3 Å². The van der Waals surface area contributed by atoms with Gasteiger partial charge in [-0.1, -0.05) is 45.2 Å². The van der Waals surface area contributed by atoms with Gasteiger partial charge in [0.15, 0.2) is 17.6 Å². The molecular weight excluding hydrogens is 570 g/mol. The zero-order valence-electron chi connectivity index (χ0n) is 19.3. The highest BCUT2D eigenvalue weighted by atomic mass is 79.9. The Morgan fingerprint density at radius 3 is 2.65 bits per heavy atom. The quantitative estimate of drug-likeness (QED) is 0.253. The predicted molar refractivity (Wildman–Crippen MR) is 138 cm³/mol. The van der Waals surface area contributed by atoms with E-state index in [1.807, 2.05) is 12.1 Å². The highest BCUT2D eigenvalue weighted by Gasteiger charge is 2.20. The fourth-order valence-corrected chi connectivity index (χ4v) is 4.10. The zero-order valence-corrected chi connectivity index (χ0v) is 22.5. The SMILES string of the molecule is CCCCc1nc2ccc(Br)cc2c(=O)n1N=Cc1cc(Br)cc(OC)c1O[C@H](C)C(=O)OC. The Balaban J connectivity index is 2.15. The van der Waals surface area contributed by atoms with Crippen LogP contribution in [0.25, 0.3) is 10.9 Å². The summed E-state index contributed by atoms with van der Waals surface area (Å²) in [5, 5.41) is 4.94. The Hall–Kier alpha value is -2.72. The minimum Gasteiger partial charge on any atom is -0.493 e. The Labute approximate surface area is 214 Å². The van der Waals surface area contributed by atoms with Crippen LogP contribution in [-0.2, 0) is 16.0 Å². The zero-order chi connectivity index (χ0) is 24.8. The van der Waals surface area contributed by atoms with Gasteiger partial charge in [-0.25, -0.2) is 9.78 Å². The molecule has 0 saturated heterocycles. The second kappa shape index (κ2) is 11.6. The Bertz CT molecular complexity index is 1290. The summed E-state index contributed by atoms with van der Waals surface area (Å²) in [6.45, 7) is 3.65. The molecule has 0 spiro atoms. The number of aromatic nitrogens is 2. The molecule has 0 N–H and O–H groups in total. The fraction of sp³-hybridized carbons (Fsp3) is 0.333. The topological polar surface area (TPSA) is 92.0 Å². The van der Waals surface area contributed by atoms with Crippen molar-refractivity contribution in [3.8, 4) is 11.5 Å². The summed E-state index contributed by atoms with van der Waals surface area (Å²) in [5.74, 6) is 0.721. The van der Waals surface area contributed by atoms with E-state index in [0.717, 1.165) is 17.3 Å². The minimum atomic E-state index is -0.880. The summed E-state index contributed by atoms with van der Waals surface area (Å²) in [6.07, 6.45) is 3.02. The number of carbonyl (C=O) groups excluding carboxylic acids is 1. The lowest BCUT2D eigenvalue weighted by Gasteiger charge is -2.17. The van der Waals surface area contributed by atoms with Crippen molar-refractivity contribution in [2.75, 3.05) is 14.2 Å². The predicted octanol–water partition coefficient (Wildman–Crippen LogP) is 5.10. The number of hydrogen-bond donors (Lipinski definition) is 0. The average molecular weight is 595 g/mol. The molecule has 3 rings (SSSR count). The number of aryl methyl sites for hydroxylation is 1. The van der Waals surface area contributed by atoms with E-state index < -0.39 is 12.1 Å². The molecule has 0 fully saturated rings. The number of halogens is 2. The molecule has 0 unspecified atom stereocenters. The summed E-state index contributed by atoms with van der Waals surface area (Å²) in [7, 11) is 2.79. The third-order valence-electron chi connectivity index (χ3n) is 5.04. The third kappa shape index (κ3) is 5.85. The fourth-order valence-electron chi connectivity index (χ4n) is 3.28. The Kier molecular flexibility index (Phi) is 8.84. The summed E-state index contributed by atoms with van der Waals surface area (Å²) in [5.41, 5.74) is 0.844. The van der Waals surface area contributed by atoms with Crippen LogP contribution in [0.15, 0.2) is 49.2 Å². The van der Waals surface area contributed by atoms with Crippen LogP contribution in [-0.4, -0.2) is 42.2 Å². The maximum atomic E-state index is 13.3. The van der Waals surface area contributed by atoms with Crippen molar-refractivity contribution in [1.29, 1.82) is 0 Å². The average Bonchev–Trinajstić information content (AvgIpc) is 2.83. The second-order valence-corrected chi connectivity index (χ2v) is 9.30. The molecule has 1 atom stereocenters. The smallest absolute Gasteiger partial charge is 0.346 e. The van der Waals surface area contributed by atoms with Gasteiger partial charge in [0, 0.05) is 20.9 Å². The maximum absolute atomic E-state index is 13.3. The number of hydrogen-bond acceptors (Lipinski definition) is 7. The van der Waals surface area contributed by atoms with Crippen LogP contribution < -0.4 is 15.0 Å². The van der Waals surface area contributed by atoms with Crippen molar-refractivity contribution in [3.05, 3.63) is 61.0 Å². The number of nitrogens with zero attached hydrogens (tertiary/aromatic N) is 3. The van der Waals surface area contributed by atoms with Crippen LogP contribution >= 0.6 is 31.9 Å². The van der Waals surface area contributed by atoms with E-state index in [2.05, 4.69) is 48.9 Å². The molecule has 0 aliphatic rings. The monoisotopic (exact) mass is 593 g/mol. The minimum absolute atomic E-state index is 0.277. The Morgan fingerprint density at radius 1 is 1.21 bits per heavy atom. The summed E-state index contributed by atoms with van der Waals surface area (Å²) < 4.78 is 18.9. The number of fused-ring (bicyclic) bond motifs is 1. The van der Waals surface area contributed by atoms with Crippen LogP contribution in [0.2, 0.25) is 0 Å². The highest BCUT2D eigenvalue weighted by molar-refractivity contribution is 9.10. The summed E-state index contributed by atoms with van der Waals surface area (Å²) in [6, 6.07) is 8.86. The molecule has 3 aromatic rings. The van der Waals surface area contributed by atoms with Gasteiger partial charge in [0.1, 0.15) is 5.82 Å². The molecule has 0 radical (unpaired) electrons.